The Morgan fingerprint density at radius 3 is 2.50 bits per heavy atom. The fourth-order valence-corrected chi connectivity index (χ4v) is 2.47. The van der Waals surface area contributed by atoms with Crippen molar-refractivity contribution in [1.29, 1.82) is 0 Å². The second-order valence-corrected chi connectivity index (χ2v) is 5.88. The standard InChI is InChI=1S/C16H20ClN/c1-11(2)12(3)15(17)10-14-9-8-13-6-4-5-7-16(13)18-14/h4-9,11-12,15H,10H2,1-3H3. The molecule has 1 heterocycles. The third-order valence-electron chi connectivity index (χ3n) is 3.68. The summed E-state index contributed by atoms with van der Waals surface area (Å²) in [6, 6.07) is 12.4. The summed E-state index contributed by atoms with van der Waals surface area (Å²) in [5, 5.41) is 1.34. The first-order valence-corrected chi connectivity index (χ1v) is 7.00. The first-order chi connectivity index (χ1) is 8.58. The van der Waals surface area contributed by atoms with Gasteiger partial charge in [-0.15, -0.1) is 11.6 Å². The van der Waals surface area contributed by atoms with Gasteiger partial charge in [0.15, 0.2) is 0 Å². The summed E-state index contributed by atoms with van der Waals surface area (Å²) >= 11 is 6.47. The molecule has 2 aromatic rings. The number of halogens is 1. The van der Waals surface area contributed by atoms with Crippen LogP contribution < -0.4 is 0 Å². The zero-order valence-corrected chi connectivity index (χ0v) is 12.0. The maximum Gasteiger partial charge on any atom is 0.0705 e. The first-order valence-electron chi connectivity index (χ1n) is 6.56. The molecule has 0 saturated carbocycles. The molecule has 0 aliphatic carbocycles. The van der Waals surface area contributed by atoms with Crippen molar-refractivity contribution in [3.63, 3.8) is 0 Å². The molecule has 0 N–H and O–H groups in total. The molecule has 1 nitrogen and oxygen atoms in total. The SMILES string of the molecule is CC(C)C(C)C(Cl)Cc1ccc2ccccc2n1. The van der Waals surface area contributed by atoms with E-state index in [0.717, 1.165) is 17.6 Å². The van der Waals surface area contributed by atoms with Gasteiger partial charge in [0.2, 0.25) is 0 Å². The van der Waals surface area contributed by atoms with Crippen LogP contribution in [0.5, 0.6) is 0 Å². The average molecular weight is 262 g/mol. The molecule has 1 aromatic heterocycles. The van der Waals surface area contributed by atoms with Crippen molar-refractivity contribution in [2.24, 2.45) is 11.8 Å². The Balaban J connectivity index is 2.17. The predicted molar refractivity (Wildman–Crippen MR) is 79.1 cm³/mol. The van der Waals surface area contributed by atoms with Crippen LogP contribution in [0.2, 0.25) is 0 Å². The van der Waals surface area contributed by atoms with Crippen LogP contribution in [0.3, 0.4) is 0 Å². The lowest BCUT2D eigenvalue weighted by Crippen LogP contribution is -2.20. The third kappa shape index (κ3) is 3.02. The summed E-state index contributed by atoms with van der Waals surface area (Å²) in [6.07, 6.45) is 0.839. The first kappa shape index (κ1) is 13.4. The van der Waals surface area contributed by atoms with Crippen molar-refractivity contribution in [2.75, 3.05) is 0 Å². The Bertz CT molecular complexity index is 521. The monoisotopic (exact) mass is 261 g/mol. The fraction of sp³-hybridized carbons (Fsp3) is 0.438. The summed E-state index contributed by atoms with van der Waals surface area (Å²) in [4.78, 5) is 4.67. The molecule has 0 amide bonds. The van der Waals surface area contributed by atoms with Crippen LogP contribution >= 0.6 is 11.6 Å². The van der Waals surface area contributed by atoms with E-state index in [1.54, 1.807) is 0 Å². The van der Waals surface area contributed by atoms with Crippen molar-refractivity contribution < 1.29 is 0 Å². The smallest absolute Gasteiger partial charge is 0.0705 e. The predicted octanol–water partition coefficient (Wildman–Crippen LogP) is 4.68. The largest absolute Gasteiger partial charge is 0.253 e. The average Bonchev–Trinajstić information content (AvgIpc) is 2.37. The number of fused-ring (bicyclic) bond motifs is 1. The lowest BCUT2D eigenvalue weighted by atomic mass is 9.92. The molecule has 2 rings (SSSR count). The molecule has 0 bridgehead atoms. The molecule has 2 atom stereocenters. The van der Waals surface area contributed by atoms with E-state index in [-0.39, 0.29) is 5.38 Å². The molecule has 0 aliphatic heterocycles. The van der Waals surface area contributed by atoms with E-state index in [1.165, 1.54) is 5.39 Å². The lowest BCUT2D eigenvalue weighted by Gasteiger charge is -2.21. The van der Waals surface area contributed by atoms with Gasteiger partial charge < -0.3 is 0 Å². The number of aromatic nitrogens is 1. The molecule has 0 aliphatic rings. The van der Waals surface area contributed by atoms with Crippen molar-refractivity contribution in [3.05, 3.63) is 42.1 Å². The second kappa shape index (κ2) is 5.71. The van der Waals surface area contributed by atoms with Crippen LogP contribution in [0.1, 0.15) is 26.5 Å². The van der Waals surface area contributed by atoms with Gasteiger partial charge in [-0.3, -0.25) is 4.98 Å². The number of benzene rings is 1. The third-order valence-corrected chi connectivity index (χ3v) is 4.23. The van der Waals surface area contributed by atoms with Crippen LogP contribution in [0, 0.1) is 11.8 Å². The van der Waals surface area contributed by atoms with Gasteiger partial charge in [-0.25, -0.2) is 0 Å². The van der Waals surface area contributed by atoms with E-state index in [0.29, 0.717) is 11.8 Å². The Kier molecular flexibility index (Phi) is 4.23. The van der Waals surface area contributed by atoms with Crippen molar-refractivity contribution in [2.45, 2.75) is 32.6 Å². The number of nitrogens with zero attached hydrogens (tertiary/aromatic N) is 1. The van der Waals surface area contributed by atoms with Crippen LogP contribution in [-0.2, 0) is 6.42 Å². The van der Waals surface area contributed by atoms with E-state index in [2.05, 4.69) is 44.0 Å². The number of hydrogen-bond donors (Lipinski definition) is 0. The number of rotatable bonds is 4. The maximum absolute atomic E-state index is 6.47. The van der Waals surface area contributed by atoms with Gasteiger partial charge in [0, 0.05) is 22.9 Å². The lowest BCUT2D eigenvalue weighted by molar-refractivity contribution is 0.398. The molecule has 0 fully saturated rings. The normalized spacial score (nSPS) is 14.9. The highest BCUT2D eigenvalue weighted by Crippen LogP contribution is 2.23. The Morgan fingerprint density at radius 2 is 1.78 bits per heavy atom. The molecule has 18 heavy (non-hydrogen) atoms. The Hall–Kier alpha value is -1.08. The zero-order valence-electron chi connectivity index (χ0n) is 11.2. The van der Waals surface area contributed by atoms with Crippen LogP contribution in [0.25, 0.3) is 10.9 Å². The number of alkyl halides is 1. The number of hydrogen-bond acceptors (Lipinski definition) is 1. The highest BCUT2D eigenvalue weighted by atomic mass is 35.5. The van der Waals surface area contributed by atoms with E-state index < -0.39 is 0 Å². The molecule has 0 spiro atoms. The van der Waals surface area contributed by atoms with Crippen molar-refractivity contribution in [3.8, 4) is 0 Å². The molecule has 2 unspecified atom stereocenters. The molecule has 2 heteroatoms. The zero-order chi connectivity index (χ0) is 13.1. The molecule has 1 aromatic carbocycles. The molecule has 0 radical (unpaired) electrons. The molecular formula is C16H20ClN. The summed E-state index contributed by atoms with van der Waals surface area (Å²) < 4.78 is 0. The van der Waals surface area contributed by atoms with Crippen molar-refractivity contribution in [1.82, 2.24) is 4.98 Å². The maximum atomic E-state index is 6.47. The molecular weight excluding hydrogens is 242 g/mol. The minimum atomic E-state index is 0.152. The van der Waals surface area contributed by atoms with Gasteiger partial charge >= 0.3 is 0 Å². The Labute approximate surface area is 114 Å². The number of para-hydroxylation sites is 1. The molecule has 0 saturated heterocycles. The van der Waals surface area contributed by atoms with E-state index >= 15 is 0 Å². The van der Waals surface area contributed by atoms with Crippen LogP contribution in [0.15, 0.2) is 36.4 Å². The van der Waals surface area contributed by atoms with Gasteiger partial charge in [0.1, 0.15) is 0 Å². The fourth-order valence-electron chi connectivity index (χ4n) is 2.03. The van der Waals surface area contributed by atoms with Gasteiger partial charge in [-0.1, -0.05) is 45.0 Å². The van der Waals surface area contributed by atoms with E-state index in [4.69, 9.17) is 11.6 Å². The van der Waals surface area contributed by atoms with E-state index in [1.807, 2.05) is 18.2 Å². The summed E-state index contributed by atoms with van der Waals surface area (Å²) in [5.74, 6) is 1.10. The number of pyridine rings is 1. The van der Waals surface area contributed by atoms with Crippen LogP contribution in [-0.4, -0.2) is 10.4 Å². The van der Waals surface area contributed by atoms with Crippen molar-refractivity contribution >= 4 is 22.5 Å². The molecule has 96 valence electrons. The van der Waals surface area contributed by atoms with Gasteiger partial charge in [0.25, 0.3) is 0 Å². The van der Waals surface area contributed by atoms with Crippen LogP contribution in [0.4, 0.5) is 0 Å². The topological polar surface area (TPSA) is 12.9 Å². The minimum absolute atomic E-state index is 0.152. The highest BCUT2D eigenvalue weighted by molar-refractivity contribution is 6.20. The van der Waals surface area contributed by atoms with Gasteiger partial charge in [-0.05, 0) is 24.0 Å². The van der Waals surface area contributed by atoms with Gasteiger partial charge in [0.05, 0.1) is 5.52 Å². The quantitative estimate of drug-likeness (QED) is 0.729. The Morgan fingerprint density at radius 1 is 1.06 bits per heavy atom. The highest BCUT2D eigenvalue weighted by Gasteiger charge is 2.18. The summed E-state index contributed by atoms with van der Waals surface area (Å²) in [7, 11) is 0. The second-order valence-electron chi connectivity index (χ2n) is 5.32. The summed E-state index contributed by atoms with van der Waals surface area (Å²) in [5.41, 5.74) is 2.14. The van der Waals surface area contributed by atoms with Gasteiger partial charge in [-0.2, -0.15) is 0 Å². The minimum Gasteiger partial charge on any atom is -0.253 e. The van der Waals surface area contributed by atoms with E-state index in [9.17, 15) is 0 Å². The summed E-state index contributed by atoms with van der Waals surface area (Å²) in [6.45, 7) is 6.64.